The molecule has 60 valence electrons. The maximum Gasteiger partial charge on any atom is 0.249 e. The molecule has 0 unspecified atom stereocenters. The van der Waals surface area contributed by atoms with Crippen molar-refractivity contribution >= 4 is 22.9 Å². The van der Waals surface area contributed by atoms with E-state index in [2.05, 4.69) is 22.9 Å². The Morgan fingerprint density at radius 2 is 1.90 bits per heavy atom. The molecule has 0 atom stereocenters. The third kappa shape index (κ3) is 2.65. The first-order valence-electron chi connectivity index (χ1n) is 3.39. The maximum atomic E-state index is 12.6. The molecule has 0 N–H and O–H groups in total. The van der Waals surface area contributed by atoms with E-state index in [1.54, 1.807) is 0 Å². The Balaban J connectivity index is 2.41. The van der Waals surface area contributed by atoms with Gasteiger partial charge in [0.05, 0.1) is 0 Å². The van der Waals surface area contributed by atoms with Crippen molar-refractivity contribution in [3.8, 4) is 0 Å². The van der Waals surface area contributed by atoms with Gasteiger partial charge in [-0.05, 0) is 6.42 Å². The van der Waals surface area contributed by atoms with Gasteiger partial charge in [-0.25, -0.2) is 11.9 Å². The fourth-order valence-corrected chi connectivity index (χ4v) is 1.61. The van der Waals surface area contributed by atoms with Gasteiger partial charge in [0, 0.05) is 48.8 Å². The van der Waals surface area contributed by atoms with Crippen LogP contribution in [0.5, 0.6) is 0 Å². The van der Waals surface area contributed by atoms with Crippen molar-refractivity contribution in [3.05, 3.63) is 0 Å². The summed E-state index contributed by atoms with van der Waals surface area (Å²) >= 11 is 2.10. The van der Waals surface area contributed by atoms with Crippen LogP contribution in [0.4, 0.5) is 8.78 Å². The van der Waals surface area contributed by atoms with Crippen LogP contribution in [-0.4, -0.2) is 22.1 Å². The first-order chi connectivity index (χ1) is 4.60. The molecule has 0 bridgehead atoms. The van der Waals surface area contributed by atoms with E-state index in [1.807, 2.05) is 3.11 Å². The number of rotatable bonds is 0. The summed E-state index contributed by atoms with van der Waals surface area (Å²) < 4.78 is 27.1. The molecule has 1 nitrogen and oxygen atoms in total. The predicted octanol–water partition coefficient (Wildman–Crippen LogP) is 2.46. The fourth-order valence-electron chi connectivity index (χ4n) is 1.03. The highest BCUT2D eigenvalue weighted by atomic mass is 127. The average molecular weight is 261 g/mol. The monoisotopic (exact) mass is 261 g/mol. The lowest BCUT2D eigenvalue weighted by molar-refractivity contribution is -0.0113. The van der Waals surface area contributed by atoms with Gasteiger partial charge in [-0.1, -0.05) is 0 Å². The smallest absolute Gasteiger partial charge is 0.247 e. The van der Waals surface area contributed by atoms with E-state index < -0.39 is 5.92 Å². The molecule has 0 radical (unpaired) electrons. The molecule has 1 saturated heterocycles. The van der Waals surface area contributed by atoms with Gasteiger partial charge in [0.25, 0.3) is 0 Å². The molecule has 0 amide bonds. The van der Waals surface area contributed by atoms with E-state index in [0.717, 1.165) is 6.54 Å². The van der Waals surface area contributed by atoms with E-state index in [-0.39, 0.29) is 12.8 Å². The van der Waals surface area contributed by atoms with Gasteiger partial charge < -0.3 is 0 Å². The van der Waals surface area contributed by atoms with Crippen LogP contribution >= 0.6 is 22.9 Å². The zero-order valence-electron chi connectivity index (χ0n) is 5.62. The molecule has 1 aliphatic rings. The van der Waals surface area contributed by atoms with Crippen LogP contribution in [0.1, 0.15) is 19.3 Å². The molecule has 0 aliphatic carbocycles. The molecule has 1 rings (SSSR count). The van der Waals surface area contributed by atoms with Gasteiger partial charge in [-0.3, -0.25) is 0 Å². The molecule has 0 aromatic heterocycles. The van der Waals surface area contributed by atoms with Crippen LogP contribution in [-0.2, 0) is 0 Å². The Morgan fingerprint density at radius 1 is 1.20 bits per heavy atom. The zero-order chi connectivity index (χ0) is 7.61. The summed E-state index contributed by atoms with van der Waals surface area (Å²) in [5, 5.41) is 0. The van der Waals surface area contributed by atoms with Crippen molar-refractivity contribution < 1.29 is 8.78 Å². The summed E-state index contributed by atoms with van der Waals surface area (Å²) in [5.74, 6) is -2.40. The number of halogens is 3. The summed E-state index contributed by atoms with van der Waals surface area (Å²) in [7, 11) is 0. The van der Waals surface area contributed by atoms with Crippen molar-refractivity contribution in [2.45, 2.75) is 25.2 Å². The van der Waals surface area contributed by atoms with Crippen LogP contribution in [0, 0.1) is 0 Å². The summed E-state index contributed by atoms with van der Waals surface area (Å²) in [5.41, 5.74) is 0. The first-order valence-corrected chi connectivity index (χ1v) is 4.35. The van der Waals surface area contributed by atoms with Crippen molar-refractivity contribution in [2.75, 3.05) is 13.1 Å². The van der Waals surface area contributed by atoms with Gasteiger partial charge in [-0.15, -0.1) is 0 Å². The number of hydrogen-bond donors (Lipinski definition) is 0. The molecule has 4 heteroatoms. The lowest BCUT2D eigenvalue weighted by Crippen LogP contribution is -2.17. The highest BCUT2D eigenvalue weighted by Gasteiger charge is 2.30. The summed E-state index contributed by atoms with van der Waals surface area (Å²) in [4.78, 5) is 0. The molecule has 0 spiro atoms. The predicted molar refractivity (Wildman–Crippen MR) is 44.4 cm³/mol. The largest absolute Gasteiger partial charge is 0.249 e. The van der Waals surface area contributed by atoms with Crippen molar-refractivity contribution in [1.29, 1.82) is 0 Å². The second-order valence-corrected chi connectivity index (χ2v) is 3.98. The molecule has 1 fully saturated rings. The van der Waals surface area contributed by atoms with Crippen LogP contribution in [0.3, 0.4) is 0 Å². The maximum absolute atomic E-state index is 12.6. The van der Waals surface area contributed by atoms with Gasteiger partial charge in [0.1, 0.15) is 0 Å². The van der Waals surface area contributed by atoms with E-state index in [9.17, 15) is 8.78 Å². The summed E-state index contributed by atoms with van der Waals surface area (Å²) in [6, 6.07) is 0. The summed E-state index contributed by atoms with van der Waals surface area (Å²) in [6.45, 7) is 1.32. The minimum absolute atomic E-state index is 0.0237. The van der Waals surface area contributed by atoms with Gasteiger partial charge in [0.2, 0.25) is 5.92 Å². The third-order valence-electron chi connectivity index (χ3n) is 1.66. The van der Waals surface area contributed by atoms with Crippen LogP contribution in [0.2, 0.25) is 0 Å². The van der Waals surface area contributed by atoms with Crippen molar-refractivity contribution in [3.63, 3.8) is 0 Å². The molecule has 0 aromatic carbocycles. The highest BCUT2D eigenvalue weighted by Crippen LogP contribution is 2.28. The molecule has 1 aliphatic heterocycles. The Kier molecular flexibility index (Phi) is 2.85. The van der Waals surface area contributed by atoms with E-state index in [0.29, 0.717) is 13.0 Å². The third-order valence-corrected chi connectivity index (χ3v) is 2.63. The zero-order valence-corrected chi connectivity index (χ0v) is 7.77. The SMILES string of the molecule is FC1(F)CCCN(I)CC1. The average Bonchev–Trinajstić information content (AvgIpc) is 1.94. The van der Waals surface area contributed by atoms with E-state index >= 15 is 0 Å². The Hall–Kier alpha value is 0.550. The van der Waals surface area contributed by atoms with Crippen molar-refractivity contribution in [2.24, 2.45) is 0 Å². The van der Waals surface area contributed by atoms with Crippen molar-refractivity contribution in [1.82, 2.24) is 3.11 Å². The lowest BCUT2D eigenvalue weighted by atomic mass is 10.1. The Labute approximate surface area is 73.3 Å². The second-order valence-electron chi connectivity index (χ2n) is 2.62. The molecular weight excluding hydrogens is 251 g/mol. The molecular formula is C6H10F2IN. The van der Waals surface area contributed by atoms with E-state index in [4.69, 9.17) is 0 Å². The molecule has 10 heavy (non-hydrogen) atoms. The highest BCUT2D eigenvalue weighted by molar-refractivity contribution is 14.1. The minimum atomic E-state index is -2.40. The van der Waals surface area contributed by atoms with E-state index in [1.165, 1.54) is 0 Å². The lowest BCUT2D eigenvalue weighted by Gasteiger charge is -2.11. The van der Waals surface area contributed by atoms with Gasteiger partial charge >= 0.3 is 0 Å². The molecule has 0 saturated carbocycles. The van der Waals surface area contributed by atoms with Crippen LogP contribution < -0.4 is 0 Å². The Bertz CT molecular complexity index is 118. The van der Waals surface area contributed by atoms with Gasteiger partial charge in [-0.2, -0.15) is 0 Å². The second kappa shape index (κ2) is 3.30. The topological polar surface area (TPSA) is 3.24 Å². The molecule has 1 heterocycles. The summed E-state index contributed by atoms with van der Waals surface area (Å²) in [6.07, 6.45) is 0.707. The Morgan fingerprint density at radius 3 is 2.60 bits per heavy atom. The van der Waals surface area contributed by atoms with Crippen LogP contribution in [0.25, 0.3) is 0 Å². The van der Waals surface area contributed by atoms with Crippen LogP contribution in [0.15, 0.2) is 0 Å². The number of hydrogen-bond acceptors (Lipinski definition) is 1. The molecule has 0 aromatic rings. The first kappa shape index (κ1) is 8.64. The fraction of sp³-hybridized carbons (Fsp3) is 1.00. The number of nitrogens with zero attached hydrogens (tertiary/aromatic N) is 1. The van der Waals surface area contributed by atoms with Gasteiger partial charge in [0.15, 0.2) is 0 Å². The number of alkyl halides is 2. The standard InChI is InChI=1S/C6H10F2IN/c7-6(8)2-1-4-10(9)5-3-6/h1-5H2. The normalized spacial score (nSPS) is 27.9. The quantitative estimate of drug-likeness (QED) is 0.478. The minimum Gasteiger partial charge on any atom is -0.247 e.